The number of aromatic nitrogens is 2. The van der Waals surface area contributed by atoms with Crippen LogP contribution in [0, 0.1) is 0 Å². The Labute approximate surface area is 154 Å². The minimum absolute atomic E-state index is 0.144. The third kappa shape index (κ3) is 4.18. The second kappa shape index (κ2) is 7.68. The first-order valence-corrected chi connectivity index (χ1v) is 8.26. The quantitative estimate of drug-likeness (QED) is 0.453. The second-order valence-corrected chi connectivity index (χ2v) is 6.12. The second-order valence-electron chi connectivity index (χ2n) is 5.32. The molecule has 0 amide bonds. The van der Waals surface area contributed by atoms with Crippen molar-refractivity contribution in [3.05, 3.63) is 64.1 Å². The van der Waals surface area contributed by atoms with Gasteiger partial charge in [-0.1, -0.05) is 28.4 Å². The van der Waals surface area contributed by atoms with Gasteiger partial charge in [0.25, 0.3) is 0 Å². The summed E-state index contributed by atoms with van der Waals surface area (Å²) in [6.45, 7) is 0. The van der Waals surface area contributed by atoms with Crippen LogP contribution in [0.15, 0.2) is 47.1 Å². The van der Waals surface area contributed by atoms with Crippen molar-refractivity contribution in [1.82, 2.24) is 10.1 Å². The number of Topliss-reactive ketones (excluding diaryl/α,β-unsaturated/α-hetero) is 1. The molecule has 5 nitrogen and oxygen atoms in total. The van der Waals surface area contributed by atoms with Crippen LogP contribution in [0.5, 0.6) is 5.75 Å². The van der Waals surface area contributed by atoms with Crippen LogP contribution in [0.25, 0.3) is 11.3 Å². The lowest BCUT2D eigenvalue weighted by Gasteiger charge is -2.02. The van der Waals surface area contributed by atoms with Crippen molar-refractivity contribution in [2.45, 2.75) is 12.8 Å². The first kappa shape index (κ1) is 17.5. The number of hydrogen-bond donors (Lipinski definition) is 0. The molecule has 0 unspecified atom stereocenters. The van der Waals surface area contributed by atoms with Crippen molar-refractivity contribution in [3.63, 3.8) is 0 Å². The Balaban J connectivity index is 1.67. The molecule has 7 heteroatoms. The van der Waals surface area contributed by atoms with Gasteiger partial charge in [0.2, 0.25) is 0 Å². The molecule has 2 aromatic heterocycles. The van der Waals surface area contributed by atoms with Crippen LogP contribution in [0.4, 0.5) is 0 Å². The number of carbonyl (C=O) groups excluding carboxylic acids is 1. The molecule has 0 saturated carbocycles. The number of benzene rings is 1. The average molecular weight is 377 g/mol. The van der Waals surface area contributed by atoms with E-state index in [-0.39, 0.29) is 17.4 Å². The molecule has 1 aromatic carbocycles. The standard InChI is InChI=1S/C18H14Cl2N2O3/c1-24-13-4-2-11(3-5-13)16-9-14(25-22-16)6-7-17(23)15-8-12(19)10-21-18(15)20/h2-5,8-10H,6-7H2,1H3. The lowest BCUT2D eigenvalue weighted by Crippen LogP contribution is -2.03. The highest BCUT2D eigenvalue weighted by molar-refractivity contribution is 6.34. The van der Waals surface area contributed by atoms with E-state index in [1.165, 1.54) is 12.3 Å². The largest absolute Gasteiger partial charge is 0.497 e. The molecule has 0 fully saturated rings. The molecule has 25 heavy (non-hydrogen) atoms. The highest BCUT2D eigenvalue weighted by Gasteiger charge is 2.14. The van der Waals surface area contributed by atoms with E-state index in [1.807, 2.05) is 30.3 Å². The summed E-state index contributed by atoms with van der Waals surface area (Å²) in [5.74, 6) is 1.23. The number of hydrogen-bond acceptors (Lipinski definition) is 5. The summed E-state index contributed by atoms with van der Waals surface area (Å²) in [5.41, 5.74) is 1.92. The van der Waals surface area contributed by atoms with Crippen LogP contribution in [0.1, 0.15) is 22.5 Å². The Morgan fingerprint density at radius 3 is 2.68 bits per heavy atom. The molecule has 3 aromatic rings. The van der Waals surface area contributed by atoms with Gasteiger partial charge >= 0.3 is 0 Å². The molecule has 0 N–H and O–H groups in total. The topological polar surface area (TPSA) is 65.2 Å². The third-order valence-electron chi connectivity index (χ3n) is 3.65. The van der Waals surface area contributed by atoms with Crippen LogP contribution >= 0.6 is 23.2 Å². The lowest BCUT2D eigenvalue weighted by atomic mass is 10.1. The monoisotopic (exact) mass is 376 g/mol. The smallest absolute Gasteiger partial charge is 0.166 e. The molecule has 0 bridgehead atoms. The van der Waals surface area contributed by atoms with Crippen molar-refractivity contribution in [3.8, 4) is 17.0 Å². The molecule has 0 aliphatic carbocycles. The van der Waals surface area contributed by atoms with Crippen LogP contribution in [-0.4, -0.2) is 23.0 Å². The van der Waals surface area contributed by atoms with Gasteiger partial charge in [0, 0.05) is 30.7 Å². The molecule has 3 rings (SSSR count). The molecule has 2 heterocycles. The molecule has 0 aliphatic rings. The minimum atomic E-state index is -0.151. The zero-order chi connectivity index (χ0) is 17.8. The van der Waals surface area contributed by atoms with E-state index in [2.05, 4.69) is 10.1 Å². The fourth-order valence-electron chi connectivity index (χ4n) is 2.32. The predicted molar refractivity (Wildman–Crippen MR) is 95.4 cm³/mol. The maximum absolute atomic E-state index is 12.3. The van der Waals surface area contributed by atoms with E-state index >= 15 is 0 Å². The molecule has 0 atom stereocenters. The Kier molecular flexibility index (Phi) is 5.36. The summed E-state index contributed by atoms with van der Waals surface area (Å²) >= 11 is 11.8. The van der Waals surface area contributed by atoms with Crippen molar-refractivity contribution in [2.75, 3.05) is 7.11 Å². The van der Waals surface area contributed by atoms with Crippen LogP contribution in [0.3, 0.4) is 0 Å². The number of nitrogens with zero attached hydrogens (tertiary/aromatic N) is 2. The maximum Gasteiger partial charge on any atom is 0.166 e. The molecular formula is C18H14Cl2N2O3. The van der Waals surface area contributed by atoms with Crippen molar-refractivity contribution in [1.29, 1.82) is 0 Å². The summed E-state index contributed by atoms with van der Waals surface area (Å²) in [4.78, 5) is 16.2. The van der Waals surface area contributed by atoms with Gasteiger partial charge in [-0.25, -0.2) is 4.98 Å². The lowest BCUT2D eigenvalue weighted by molar-refractivity contribution is 0.0980. The summed E-state index contributed by atoms with van der Waals surface area (Å²) in [5, 5.41) is 4.55. The number of ether oxygens (including phenoxy) is 1. The number of carbonyl (C=O) groups is 1. The first-order chi connectivity index (χ1) is 12.1. The molecule has 0 spiro atoms. The normalized spacial score (nSPS) is 10.7. The zero-order valence-electron chi connectivity index (χ0n) is 13.3. The van der Waals surface area contributed by atoms with Crippen molar-refractivity contribution >= 4 is 29.0 Å². The van der Waals surface area contributed by atoms with E-state index < -0.39 is 0 Å². The molecule has 0 radical (unpaired) electrons. The van der Waals surface area contributed by atoms with Crippen molar-refractivity contribution in [2.24, 2.45) is 0 Å². The van der Waals surface area contributed by atoms with Gasteiger partial charge in [-0.3, -0.25) is 4.79 Å². The summed E-state index contributed by atoms with van der Waals surface area (Å²) in [7, 11) is 1.61. The number of ketones is 1. The van der Waals surface area contributed by atoms with Gasteiger partial charge in [0.15, 0.2) is 5.78 Å². The average Bonchev–Trinajstić information content (AvgIpc) is 3.11. The fourth-order valence-corrected chi connectivity index (χ4v) is 2.68. The van der Waals surface area contributed by atoms with Crippen LogP contribution in [-0.2, 0) is 6.42 Å². The number of methoxy groups -OCH3 is 1. The maximum atomic E-state index is 12.3. The van der Waals surface area contributed by atoms with E-state index in [9.17, 15) is 4.79 Å². The Bertz CT molecular complexity index is 892. The van der Waals surface area contributed by atoms with Crippen LogP contribution in [0.2, 0.25) is 10.2 Å². The Hall–Kier alpha value is -2.37. The Morgan fingerprint density at radius 1 is 1.20 bits per heavy atom. The first-order valence-electron chi connectivity index (χ1n) is 7.51. The van der Waals surface area contributed by atoms with Gasteiger partial charge in [-0.2, -0.15) is 0 Å². The number of rotatable bonds is 6. The number of aryl methyl sites for hydroxylation is 1. The molecule has 0 aliphatic heterocycles. The highest BCUT2D eigenvalue weighted by Crippen LogP contribution is 2.24. The zero-order valence-corrected chi connectivity index (χ0v) is 14.8. The van der Waals surface area contributed by atoms with E-state index in [0.717, 1.165) is 11.3 Å². The minimum Gasteiger partial charge on any atom is -0.497 e. The predicted octanol–water partition coefficient (Wildman–Crippen LogP) is 4.87. The summed E-state index contributed by atoms with van der Waals surface area (Å²) in [6, 6.07) is 10.8. The number of halogens is 2. The van der Waals surface area contributed by atoms with Gasteiger partial charge in [-0.15, -0.1) is 0 Å². The SMILES string of the molecule is COc1ccc(-c2cc(CCC(=O)c3cc(Cl)cnc3Cl)on2)cc1. The Morgan fingerprint density at radius 2 is 1.96 bits per heavy atom. The van der Waals surface area contributed by atoms with Gasteiger partial charge in [0.05, 0.1) is 17.7 Å². The van der Waals surface area contributed by atoms with E-state index in [0.29, 0.717) is 28.5 Å². The molecule has 0 saturated heterocycles. The number of pyridine rings is 1. The molecular weight excluding hydrogens is 363 g/mol. The van der Waals surface area contributed by atoms with E-state index in [1.54, 1.807) is 7.11 Å². The van der Waals surface area contributed by atoms with Gasteiger partial charge in [-0.05, 0) is 30.3 Å². The molecule has 128 valence electrons. The summed E-state index contributed by atoms with van der Waals surface area (Å²) in [6.07, 6.45) is 2.03. The van der Waals surface area contributed by atoms with E-state index in [4.69, 9.17) is 32.5 Å². The fraction of sp³-hybridized carbons (Fsp3) is 0.167. The highest BCUT2D eigenvalue weighted by atomic mass is 35.5. The van der Waals surface area contributed by atoms with Gasteiger partial charge < -0.3 is 9.26 Å². The van der Waals surface area contributed by atoms with Crippen LogP contribution < -0.4 is 4.74 Å². The summed E-state index contributed by atoms with van der Waals surface area (Å²) < 4.78 is 10.4. The third-order valence-corrected chi connectivity index (χ3v) is 4.16. The van der Waals surface area contributed by atoms with Crippen molar-refractivity contribution < 1.29 is 14.1 Å². The van der Waals surface area contributed by atoms with Gasteiger partial charge in [0.1, 0.15) is 22.4 Å².